The van der Waals surface area contributed by atoms with Gasteiger partial charge in [0, 0.05) is 36.3 Å². The number of nitrogens with zero attached hydrogens (tertiary/aromatic N) is 3. The highest BCUT2D eigenvalue weighted by Crippen LogP contribution is 2.24. The lowest BCUT2D eigenvalue weighted by Gasteiger charge is -2.28. The van der Waals surface area contributed by atoms with Gasteiger partial charge in [-0.05, 0) is 37.8 Å². The van der Waals surface area contributed by atoms with Gasteiger partial charge in [0.15, 0.2) is 5.82 Å². The summed E-state index contributed by atoms with van der Waals surface area (Å²) in [5.74, 6) is 1.12. The highest BCUT2D eigenvalue weighted by atomic mass is 16.5. The van der Waals surface area contributed by atoms with Crippen LogP contribution in [0.2, 0.25) is 0 Å². The minimum absolute atomic E-state index is 0.0173. The van der Waals surface area contributed by atoms with Gasteiger partial charge in [-0.25, -0.2) is 9.78 Å². The highest BCUT2D eigenvalue weighted by molar-refractivity contribution is 5.64. The van der Waals surface area contributed by atoms with Gasteiger partial charge >= 0.3 is 6.09 Å². The molecule has 7 heteroatoms. The van der Waals surface area contributed by atoms with Crippen molar-refractivity contribution in [3.05, 3.63) is 36.8 Å². The molecule has 0 bridgehead atoms. The summed E-state index contributed by atoms with van der Waals surface area (Å²) in [6, 6.07) is 5.49. The Morgan fingerprint density at radius 2 is 2.04 bits per heavy atom. The second kappa shape index (κ2) is 7.04. The van der Waals surface area contributed by atoms with Gasteiger partial charge in [0.2, 0.25) is 5.88 Å². The van der Waals surface area contributed by atoms with Crippen LogP contribution in [0.1, 0.15) is 25.7 Å². The zero-order chi connectivity index (χ0) is 16.1. The van der Waals surface area contributed by atoms with Crippen molar-refractivity contribution in [2.75, 3.05) is 0 Å². The lowest BCUT2D eigenvalue weighted by atomic mass is 9.93. The molecule has 1 aliphatic rings. The summed E-state index contributed by atoms with van der Waals surface area (Å²) >= 11 is 0. The Labute approximate surface area is 133 Å². The molecule has 2 N–H and O–H groups in total. The van der Waals surface area contributed by atoms with E-state index in [2.05, 4.69) is 20.3 Å². The van der Waals surface area contributed by atoms with Gasteiger partial charge in [-0.2, -0.15) is 4.98 Å². The van der Waals surface area contributed by atoms with Crippen LogP contribution in [0.25, 0.3) is 11.4 Å². The fraction of sp³-hybridized carbons (Fsp3) is 0.375. The summed E-state index contributed by atoms with van der Waals surface area (Å²) in [4.78, 5) is 23.4. The van der Waals surface area contributed by atoms with Crippen molar-refractivity contribution in [3.8, 4) is 17.3 Å². The molecule has 1 fully saturated rings. The van der Waals surface area contributed by atoms with E-state index in [0.717, 1.165) is 31.2 Å². The Morgan fingerprint density at radius 3 is 2.74 bits per heavy atom. The molecule has 3 rings (SSSR count). The lowest BCUT2D eigenvalue weighted by Crippen LogP contribution is -2.39. The van der Waals surface area contributed by atoms with Crippen LogP contribution < -0.4 is 10.1 Å². The van der Waals surface area contributed by atoms with E-state index in [4.69, 9.17) is 9.84 Å². The van der Waals surface area contributed by atoms with E-state index in [-0.39, 0.29) is 12.1 Å². The third-order valence-electron chi connectivity index (χ3n) is 3.84. The van der Waals surface area contributed by atoms with Crippen molar-refractivity contribution >= 4 is 6.09 Å². The molecule has 1 saturated carbocycles. The van der Waals surface area contributed by atoms with Gasteiger partial charge in [-0.3, -0.25) is 4.98 Å². The Balaban J connectivity index is 1.60. The summed E-state index contributed by atoms with van der Waals surface area (Å²) in [6.07, 6.45) is 7.32. The first-order valence-corrected chi connectivity index (χ1v) is 7.60. The van der Waals surface area contributed by atoms with Gasteiger partial charge in [-0.1, -0.05) is 0 Å². The van der Waals surface area contributed by atoms with Crippen LogP contribution in [-0.2, 0) is 0 Å². The van der Waals surface area contributed by atoms with Crippen LogP contribution in [0.3, 0.4) is 0 Å². The van der Waals surface area contributed by atoms with Gasteiger partial charge < -0.3 is 15.2 Å². The van der Waals surface area contributed by atoms with Crippen molar-refractivity contribution in [2.45, 2.75) is 37.8 Å². The summed E-state index contributed by atoms with van der Waals surface area (Å²) in [5.41, 5.74) is 0.840. The van der Waals surface area contributed by atoms with Gasteiger partial charge in [0.1, 0.15) is 6.10 Å². The number of amides is 1. The van der Waals surface area contributed by atoms with Crippen LogP contribution in [0, 0.1) is 0 Å². The molecule has 7 nitrogen and oxygen atoms in total. The zero-order valence-electron chi connectivity index (χ0n) is 12.6. The van der Waals surface area contributed by atoms with E-state index >= 15 is 0 Å². The first kappa shape index (κ1) is 15.2. The van der Waals surface area contributed by atoms with Crippen molar-refractivity contribution in [2.24, 2.45) is 0 Å². The molecule has 0 aromatic carbocycles. The van der Waals surface area contributed by atoms with Crippen LogP contribution >= 0.6 is 0 Å². The fourth-order valence-electron chi connectivity index (χ4n) is 2.71. The van der Waals surface area contributed by atoms with Crippen LogP contribution in [-0.4, -0.2) is 38.3 Å². The Hall–Kier alpha value is -2.70. The summed E-state index contributed by atoms with van der Waals surface area (Å²) in [6.45, 7) is 0. The number of rotatable bonds is 4. The second-order valence-corrected chi connectivity index (χ2v) is 5.50. The highest BCUT2D eigenvalue weighted by Gasteiger charge is 2.23. The number of ether oxygens (including phenoxy) is 1. The van der Waals surface area contributed by atoms with E-state index in [0.29, 0.717) is 11.7 Å². The van der Waals surface area contributed by atoms with Crippen LogP contribution in [0.15, 0.2) is 36.8 Å². The molecule has 1 amide bonds. The SMILES string of the molecule is O=C(O)NC1CCC(Oc2ccnc(-c3cccnc3)n2)CC1. The predicted molar refractivity (Wildman–Crippen MR) is 83.1 cm³/mol. The van der Waals surface area contributed by atoms with E-state index in [1.54, 1.807) is 24.7 Å². The summed E-state index contributed by atoms with van der Waals surface area (Å²) in [5, 5.41) is 11.3. The molecule has 23 heavy (non-hydrogen) atoms. The normalized spacial score (nSPS) is 20.7. The van der Waals surface area contributed by atoms with Crippen LogP contribution in [0.4, 0.5) is 4.79 Å². The maximum absolute atomic E-state index is 10.6. The van der Waals surface area contributed by atoms with Gasteiger partial charge in [0.25, 0.3) is 0 Å². The molecular weight excluding hydrogens is 296 g/mol. The third-order valence-corrected chi connectivity index (χ3v) is 3.84. The molecule has 2 aromatic rings. The van der Waals surface area contributed by atoms with Crippen molar-refractivity contribution in [1.82, 2.24) is 20.3 Å². The van der Waals surface area contributed by atoms with Gasteiger partial charge in [-0.15, -0.1) is 0 Å². The number of pyridine rings is 1. The minimum atomic E-state index is -0.966. The van der Waals surface area contributed by atoms with E-state index in [9.17, 15) is 4.79 Å². The Bertz CT molecular complexity index is 657. The number of carbonyl (C=O) groups is 1. The van der Waals surface area contributed by atoms with Crippen molar-refractivity contribution < 1.29 is 14.6 Å². The monoisotopic (exact) mass is 314 g/mol. The van der Waals surface area contributed by atoms with Crippen molar-refractivity contribution in [3.63, 3.8) is 0 Å². The summed E-state index contributed by atoms with van der Waals surface area (Å²) < 4.78 is 5.92. The number of hydrogen-bond acceptors (Lipinski definition) is 5. The van der Waals surface area contributed by atoms with E-state index < -0.39 is 6.09 Å². The maximum atomic E-state index is 10.6. The largest absolute Gasteiger partial charge is 0.474 e. The molecule has 0 aliphatic heterocycles. The second-order valence-electron chi connectivity index (χ2n) is 5.50. The maximum Gasteiger partial charge on any atom is 0.404 e. The first-order chi connectivity index (χ1) is 11.2. The topological polar surface area (TPSA) is 97.2 Å². The molecule has 0 radical (unpaired) electrons. The predicted octanol–water partition coefficient (Wildman–Crippen LogP) is 2.50. The minimum Gasteiger partial charge on any atom is -0.474 e. The zero-order valence-corrected chi connectivity index (χ0v) is 12.6. The Kier molecular flexibility index (Phi) is 4.65. The number of carboxylic acid groups (broad SMARTS) is 1. The molecule has 2 aromatic heterocycles. The van der Waals surface area contributed by atoms with Crippen LogP contribution in [0.5, 0.6) is 5.88 Å². The molecule has 0 unspecified atom stereocenters. The van der Waals surface area contributed by atoms with E-state index in [1.165, 1.54) is 0 Å². The standard InChI is InChI=1S/C16H18N4O3/c21-16(22)19-12-3-5-13(6-4-12)23-14-7-9-18-15(20-14)11-2-1-8-17-10-11/h1-2,7-10,12-13,19H,3-6H2,(H,21,22). The number of aromatic nitrogens is 3. The molecule has 2 heterocycles. The van der Waals surface area contributed by atoms with Gasteiger partial charge in [0.05, 0.1) is 0 Å². The number of nitrogens with one attached hydrogen (secondary N) is 1. The summed E-state index contributed by atoms with van der Waals surface area (Å²) in [7, 11) is 0. The molecule has 0 spiro atoms. The molecule has 0 saturated heterocycles. The lowest BCUT2D eigenvalue weighted by molar-refractivity contribution is 0.130. The quantitative estimate of drug-likeness (QED) is 0.900. The smallest absolute Gasteiger partial charge is 0.404 e. The molecule has 1 aliphatic carbocycles. The Morgan fingerprint density at radius 1 is 1.22 bits per heavy atom. The average Bonchev–Trinajstić information content (AvgIpc) is 2.57. The molecular formula is C16H18N4O3. The number of hydrogen-bond donors (Lipinski definition) is 2. The fourth-order valence-corrected chi connectivity index (χ4v) is 2.71. The first-order valence-electron chi connectivity index (χ1n) is 7.60. The molecule has 120 valence electrons. The van der Waals surface area contributed by atoms with E-state index in [1.807, 2.05) is 12.1 Å². The third kappa shape index (κ3) is 4.15. The molecule has 0 atom stereocenters. The van der Waals surface area contributed by atoms with Crippen molar-refractivity contribution in [1.29, 1.82) is 0 Å². The average molecular weight is 314 g/mol.